The molecule has 138 valence electrons. The number of rotatable bonds is 6. The monoisotopic (exact) mass is 369 g/mol. The van der Waals surface area contributed by atoms with Gasteiger partial charge in [-0.1, -0.05) is 6.92 Å². The van der Waals surface area contributed by atoms with Gasteiger partial charge in [-0.25, -0.2) is 13.8 Å². The highest BCUT2D eigenvalue weighted by atomic mass is 19.1. The van der Waals surface area contributed by atoms with Crippen LogP contribution in [0.1, 0.15) is 34.5 Å². The molecule has 0 spiro atoms. The van der Waals surface area contributed by atoms with Gasteiger partial charge >= 0.3 is 0 Å². The van der Waals surface area contributed by atoms with E-state index in [2.05, 4.69) is 15.0 Å². The van der Waals surface area contributed by atoms with Gasteiger partial charge in [-0.2, -0.15) is 0 Å². The molecule has 0 unspecified atom stereocenters. The van der Waals surface area contributed by atoms with Gasteiger partial charge in [0.1, 0.15) is 28.8 Å². The highest BCUT2D eigenvalue weighted by Gasteiger charge is 2.14. The highest BCUT2D eigenvalue weighted by Crippen LogP contribution is 2.23. The van der Waals surface area contributed by atoms with Gasteiger partial charge in [0, 0.05) is 29.6 Å². The summed E-state index contributed by atoms with van der Waals surface area (Å²) in [5, 5.41) is 0. The lowest BCUT2D eigenvalue weighted by Crippen LogP contribution is -2.10. The molecule has 5 nitrogen and oxygen atoms in total. The number of nitrogens with zero attached hydrogens (tertiary/aromatic N) is 3. The van der Waals surface area contributed by atoms with Gasteiger partial charge in [-0.05, 0) is 25.5 Å². The lowest BCUT2D eigenvalue weighted by Gasteiger charge is -2.09. The Morgan fingerprint density at radius 1 is 1.04 bits per heavy atom. The maximum Gasteiger partial charge on any atom is 0.187 e. The first-order valence-corrected chi connectivity index (χ1v) is 8.39. The van der Waals surface area contributed by atoms with Gasteiger partial charge in [0.15, 0.2) is 5.78 Å². The fourth-order valence-corrected chi connectivity index (χ4v) is 2.48. The van der Waals surface area contributed by atoms with Crippen molar-refractivity contribution in [2.75, 3.05) is 0 Å². The minimum Gasteiger partial charge on any atom is -0.455 e. The lowest BCUT2D eigenvalue weighted by molar-refractivity contribution is 0.0986. The summed E-state index contributed by atoms with van der Waals surface area (Å²) in [6, 6.07) is 7.13. The average molecular weight is 369 g/mol. The summed E-state index contributed by atoms with van der Waals surface area (Å²) in [5.74, 6) is -0.632. The number of hydrogen-bond donors (Lipinski definition) is 0. The Labute approximate surface area is 155 Å². The van der Waals surface area contributed by atoms with Crippen LogP contribution in [0.2, 0.25) is 0 Å². The molecule has 3 rings (SSSR count). The largest absolute Gasteiger partial charge is 0.455 e. The summed E-state index contributed by atoms with van der Waals surface area (Å²) in [7, 11) is 0. The van der Waals surface area contributed by atoms with Crippen LogP contribution in [0.25, 0.3) is 0 Å². The molecule has 0 aliphatic carbocycles. The lowest BCUT2D eigenvalue weighted by atomic mass is 10.1. The highest BCUT2D eigenvalue weighted by molar-refractivity contribution is 5.96. The molecular formula is C20H17F2N3O2. The average Bonchev–Trinajstić information content (AvgIpc) is 2.64. The number of ether oxygens (including phenoxy) is 1. The summed E-state index contributed by atoms with van der Waals surface area (Å²) >= 11 is 0. The molecule has 0 radical (unpaired) electrons. The topological polar surface area (TPSA) is 65.0 Å². The molecule has 3 heterocycles. The van der Waals surface area contributed by atoms with Gasteiger partial charge in [-0.15, -0.1) is 0 Å². The second-order valence-electron chi connectivity index (χ2n) is 5.94. The molecule has 0 amide bonds. The van der Waals surface area contributed by atoms with E-state index in [9.17, 15) is 13.6 Å². The Morgan fingerprint density at radius 2 is 1.85 bits per heavy atom. The summed E-state index contributed by atoms with van der Waals surface area (Å²) in [5.41, 5.74) is 1.55. The van der Waals surface area contributed by atoms with E-state index in [1.165, 1.54) is 37.4 Å². The van der Waals surface area contributed by atoms with Gasteiger partial charge < -0.3 is 4.74 Å². The van der Waals surface area contributed by atoms with Crippen molar-refractivity contribution < 1.29 is 18.3 Å². The van der Waals surface area contributed by atoms with Crippen molar-refractivity contribution in [3.05, 3.63) is 77.1 Å². The maximum absolute atomic E-state index is 13.3. The number of aromatic nitrogens is 3. The third-order valence-corrected chi connectivity index (χ3v) is 3.84. The van der Waals surface area contributed by atoms with Crippen molar-refractivity contribution in [1.29, 1.82) is 0 Å². The molecule has 0 atom stereocenters. The number of aryl methyl sites for hydroxylation is 2. The Morgan fingerprint density at radius 3 is 2.56 bits per heavy atom. The molecule has 0 aromatic carbocycles. The van der Waals surface area contributed by atoms with Crippen LogP contribution in [-0.2, 0) is 12.8 Å². The van der Waals surface area contributed by atoms with Crippen LogP contribution >= 0.6 is 0 Å². The van der Waals surface area contributed by atoms with E-state index in [-0.39, 0.29) is 29.3 Å². The Kier molecular flexibility index (Phi) is 5.49. The molecule has 0 bridgehead atoms. The quantitative estimate of drug-likeness (QED) is 0.608. The summed E-state index contributed by atoms with van der Waals surface area (Å²) in [6.45, 7) is 3.44. The molecule has 0 aliphatic rings. The molecule has 3 aromatic heterocycles. The SMILES string of the molecule is CCc1cc(Oc2cncc(F)c2)cc(C(=O)Cc2ccc(F)c(C)n2)n1. The zero-order valence-corrected chi connectivity index (χ0v) is 14.9. The number of carbonyl (C=O) groups excluding carboxylic acids is 1. The van der Waals surface area contributed by atoms with E-state index in [4.69, 9.17) is 4.74 Å². The van der Waals surface area contributed by atoms with E-state index in [1.807, 2.05) is 6.92 Å². The summed E-state index contributed by atoms with van der Waals surface area (Å²) in [4.78, 5) is 24.7. The van der Waals surface area contributed by atoms with Crippen molar-refractivity contribution in [2.45, 2.75) is 26.7 Å². The van der Waals surface area contributed by atoms with Crippen molar-refractivity contribution >= 4 is 5.78 Å². The molecule has 0 saturated heterocycles. The van der Waals surface area contributed by atoms with Crippen molar-refractivity contribution in [3.63, 3.8) is 0 Å². The number of Topliss-reactive ketones (excluding diaryl/α,β-unsaturated/α-hetero) is 1. The summed E-state index contributed by atoms with van der Waals surface area (Å²) in [6.07, 6.45) is 3.03. The Bertz CT molecular complexity index is 993. The molecule has 3 aromatic rings. The Hall–Kier alpha value is -3.22. The molecular weight excluding hydrogens is 352 g/mol. The van der Waals surface area contributed by atoms with Gasteiger partial charge in [-0.3, -0.25) is 14.8 Å². The van der Waals surface area contributed by atoms with Crippen LogP contribution in [0.15, 0.2) is 42.7 Å². The third-order valence-electron chi connectivity index (χ3n) is 3.84. The molecule has 0 aliphatic heterocycles. The van der Waals surface area contributed by atoms with Gasteiger partial charge in [0.2, 0.25) is 0 Å². The fraction of sp³-hybridized carbons (Fsp3) is 0.200. The van der Waals surface area contributed by atoms with E-state index < -0.39 is 11.6 Å². The number of hydrogen-bond acceptors (Lipinski definition) is 5. The van der Waals surface area contributed by atoms with Crippen molar-refractivity contribution in [2.24, 2.45) is 0 Å². The van der Waals surface area contributed by atoms with E-state index in [0.29, 0.717) is 23.6 Å². The predicted molar refractivity (Wildman–Crippen MR) is 94.9 cm³/mol. The van der Waals surface area contributed by atoms with Crippen LogP contribution in [0, 0.1) is 18.6 Å². The van der Waals surface area contributed by atoms with Crippen LogP contribution in [0.3, 0.4) is 0 Å². The van der Waals surface area contributed by atoms with Crippen molar-refractivity contribution in [3.8, 4) is 11.5 Å². The van der Waals surface area contributed by atoms with Crippen LogP contribution in [0.4, 0.5) is 8.78 Å². The van der Waals surface area contributed by atoms with Crippen LogP contribution in [0.5, 0.6) is 11.5 Å². The molecule has 7 heteroatoms. The number of ketones is 1. The first kappa shape index (κ1) is 18.6. The Balaban J connectivity index is 1.85. The smallest absolute Gasteiger partial charge is 0.187 e. The standard InChI is InChI=1S/C20H17F2N3O2/c1-3-14-7-16(27-17-6-13(21)10-23-11-17)9-19(25-14)20(26)8-15-4-5-18(22)12(2)24-15/h4-7,9-11H,3,8H2,1-2H3. The zero-order valence-electron chi connectivity index (χ0n) is 14.9. The number of halogens is 2. The second-order valence-corrected chi connectivity index (χ2v) is 5.94. The van der Waals surface area contributed by atoms with E-state index >= 15 is 0 Å². The number of carbonyl (C=O) groups is 1. The fourth-order valence-electron chi connectivity index (χ4n) is 2.48. The summed E-state index contributed by atoms with van der Waals surface area (Å²) < 4.78 is 32.2. The van der Waals surface area contributed by atoms with Crippen LogP contribution < -0.4 is 4.74 Å². The van der Waals surface area contributed by atoms with Gasteiger partial charge in [0.25, 0.3) is 0 Å². The first-order valence-electron chi connectivity index (χ1n) is 8.39. The minimum absolute atomic E-state index is 0.0117. The minimum atomic E-state index is -0.522. The van der Waals surface area contributed by atoms with E-state index in [1.54, 1.807) is 6.07 Å². The van der Waals surface area contributed by atoms with Crippen LogP contribution in [-0.4, -0.2) is 20.7 Å². The normalized spacial score (nSPS) is 10.7. The first-order chi connectivity index (χ1) is 12.9. The van der Waals surface area contributed by atoms with Gasteiger partial charge in [0.05, 0.1) is 24.5 Å². The predicted octanol–water partition coefficient (Wildman–Crippen LogP) is 4.24. The molecule has 0 N–H and O–H groups in total. The molecule has 0 saturated carbocycles. The zero-order chi connectivity index (χ0) is 19.4. The molecule has 27 heavy (non-hydrogen) atoms. The third kappa shape index (κ3) is 4.69. The van der Waals surface area contributed by atoms with Crippen molar-refractivity contribution in [1.82, 2.24) is 15.0 Å². The maximum atomic E-state index is 13.3. The second kappa shape index (κ2) is 7.99. The molecule has 0 fully saturated rings. The van der Waals surface area contributed by atoms with E-state index in [0.717, 1.165) is 6.20 Å². The number of pyridine rings is 3.